The first-order chi connectivity index (χ1) is 26.8. The Hall–Kier alpha value is -7.16. The first-order valence-corrected chi connectivity index (χ1v) is 18.7. The highest BCUT2D eigenvalue weighted by molar-refractivity contribution is 6.37. The van der Waals surface area contributed by atoms with E-state index in [2.05, 4.69) is 204 Å². The van der Waals surface area contributed by atoms with E-state index in [1.54, 1.807) is 0 Å². The normalized spacial score (nSPS) is 12.1. The van der Waals surface area contributed by atoms with Crippen LogP contribution < -0.4 is 4.90 Å². The smallest absolute Gasteiger partial charge is 0.0541 e. The molecule has 0 N–H and O–H groups in total. The fraction of sp³-hybridized carbons (Fsp3) is 0. The molecule has 0 radical (unpaired) electrons. The maximum absolute atomic E-state index is 2.44. The first-order valence-electron chi connectivity index (χ1n) is 18.7. The molecule has 0 fully saturated rings. The zero-order chi connectivity index (χ0) is 35.3. The van der Waals surface area contributed by atoms with Crippen molar-refractivity contribution in [2.45, 2.75) is 0 Å². The van der Waals surface area contributed by atoms with Gasteiger partial charge in [-0.1, -0.05) is 133 Å². The van der Waals surface area contributed by atoms with E-state index < -0.39 is 0 Å². The summed E-state index contributed by atoms with van der Waals surface area (Å²) >= 11 is 0. The SMILES string of the molecule is c1ccc(N(c2ccc(-n3c4ccccc4c4ccccc43)cc2)c2cc3ccc4cccc5c6cccc7ccc8cccc(c(c2)c3c45)c8c76)cc1. The number of anilines is 3. The Kier molecular flexibility index (Phi) is 6.09. The van der Waals surface area contributed by atoms with Crippen LogP contribution in [0.3, 0.4) is 0 Å². The van der Waals surface area contributed by atoms with Gasteiger partial charge in [0.2, 0.25) is 0 Å². The summed E-state index contributed by atoms with van der Waals surface area (Å²) in [6.45, 7) is 0. The van der Waals surface area contributed by atoms with Gasteiger partial charge in [0.25, 0.3) is 0 Å². The second-order valence-electron chi connectivity index (χ2n) is 14.5. The van der Waals surface area contributed by atoms with Crippen molar-refractivity contribution >= 4 is 104 Å². The lowest BCUT2D eigenvalue weighted by Crippen LogP contribution is -2.10. The van der Waals surface area contributed by atoms with Crippen LogP contribution in [0.1, 0.15) is 0 Å². The van der Waals surface area contributed by atoms with E-state index in [9.17, 15) is 0 Å². The average Bonchev–Trinajstić information content (AvgIpc) is 3.57. The van der Waals surface area contributed by atoms with Gasteiger partial charge in [-0.15, -0.1) is 0 Å². The molecule has 0 aliphatic carbocycles. The van der Waals surface area contributed by atoms with Gasteiger partial charge < -0.3 is 9.47 Å². The van der Waals surface area contributed by atoms with Crippen LogP contribution in [-0.4, -0.2) is 4.57 Å². The molecular weight excluding hydrogens is 653 g/mol. The van der Waals surface area contributed by atoms with Crippen LogP contribution in [0, 0.1) is 0 Å². The predicted octanol–water partition coefficient (Wildman–Crippen LogP) is 14.6. The Morgan fingerprint density at radius 3 is 1.30 bits per heavy atom. The first kappa shape index (κ1) is 29.4. The van der Waals surface area contributed by atoms with Gasteiger partial charge in [0, 0.05) is 33.5 Å². The van der Waals surface area contributed by atoms with Crippen molar-refractivity contribution in [2.75, 3.05) is 4.90 Å². The van der Waals surface area contributed by atoms with Gasteiger partial charge >= 0.3 is 0 Å². The maximum atomic E-state index is 2.44. The molecule has 0 saturated heterocycles. The Labute approximate surface area is 311 Å². The van der Waals surface area contributed by atoms with Crippen molar-refractivity contribution in [2.24, 2.45) is 0 Å². The van der Waals surface area contributed by atoms with E-state index in [4.69, 9.17) is 0 Å². The third-order valence-electron chi connectivity index (χ3n) is 11.6. The molecule has 250 valence electrons. The van der Waals surface area contributed by atoms with Gasteiger partial charge in [-0.05, 0) is 125 Å². The highest BCUT2D eigenvalue weighted by Gasteiger charge is 2.20. The molecular formula is C52H32N2. The highest BCUT2D eigenvalue weighted by Crippen LogP contribution is 2.46. The maximum Gasteiger partial charge on any atom is 0.0541 e. The summed E-state index contributed by atoms with van der Waals surface area (Å²) in [4.78, 5) is 2.41. The molecule has 0 aliphatic rings. The van der Waals surface area contributed by atoms with Crippen molar-refractivity contribution in [3.8, 4) is 5.69 Å². The quantitative estimate of drug-likeness (QED) is 0.168. The van der Waals surface area contributed by atoms with Crippen LogP contribution in [0.2, 0.25) is 0 Å². The molecule has 2 heteroatoms. The number of benzene rings is 10. The fourth-order valence-electron chi connectivity index (χ4n) is 9.37. The number of rotatable bonds is 4. The standard InChI is InChI=1S/C52H32N2/c1-2-14-37(15-3-1)53(38-27-29-39(30-28-38)54-47-21-6-4-16-41(47)42-17-5-7-22-48(42)54)40-31-36-26-25-35-12-9-19-44-43-18-8-11-33-23-24-34-13-10-20-45(51(34)49(33)43)46(32-40)52(36)50(35)44/h1-32H. The minimum Gasteiger partial charge on any atom is -0.310 e. The third-order valence-corrected chi connectivity index (χ3v) is 11.6. The summed E-state index contributed by atoms with van der Waals surface area (Å²) in [5.74, 6) is 0. The van der Waals surface area contributed by atoms with E-state index in [0.29, 0.717) is 0 Å². The molecule has 0 aliphatic heterocycles. The molecule has 0 atom stereocenters. The van der Waals surface area contributed by atoms with Crippen LogP contribution in [0.25, 0.3) is 92.1 Å². The molecule has 54 heavy (non-hydrogen) atoms. The number of hydrogen-bond donors (Lipinski definition) is 0. The van der Waals surface area contributed by atoms with E-state index >= 15 is 0 Å². The van der Waals surface area contributed by atoms with Crippen LogP contribution in [-0.2, 0) is 0 Å². The van der Waals surface area contributed by atoms with Crippen LogP contribution in [0.15, 0.2) is 194 Å². The largest absolute Gasteiger partial charge is 0.310 e. The van der Waals surface area contributed by atoms with Crippen molar-refractivity contribution < 1.29 is 0 Å². The molecule has 0 bridgehead atoms. The topological polar surface area (TPSA) is 8.17 Å². The van der Waals surface area contributed by atoms with Gasteiger partial charge in [0.05, 0.1) is 11.0 Å². The molecule has 0 amide bonds. The minimum absolute atomic E-state index is 1.11. The van der Waals surface area contributed by atoms with Crippen LogP contribution in [0.5, 0.6) is 0 Å². The number of para-hydroxylation sites is 3. The molecule has 1 heterocycles. The Morgan fingerprint density at radius 1 is 0.278 bits per heavy atom. The molecule has 2 nitrogen and oxygen atoms in total. The average molecular weight is 685 g/mol. The molecule has 0 saturated carbocycles. The molecule has 12 aromatic rings. The Bertz CT molecular complexity index is 3370. The van der Waals surface area contributed by atoms with Gasteiger partial charge in [0.15, 0.2) is 0 Å². The number of hydrogen-bond acceptors (Lipinski definition) is 1. The summed E-state index contributed by atoms with van der Waals surface area (Å²) in [6, 6.07) is 71.7. The molecule has 11 aromatic carbocycles. The molecule has 0 unspecified atom stereocenters. The molecule has 12 rings (SSSR count). The minimum atomic E-state index is 1.11. The van der Waals surface area contributed by atoms with Crippen molar-refractivity contribution in [1.82, 2.24) is 4.57 Å². The van der Waals surface area contributed by atoms with Gasteiger partial charge in [-0.25, -0.2) is 0 Å². The van der Waals surface area contributed by atoms with Crippen molar-refractivity contribution in [3.63, 3.8) is 0 Å². The lowest BCUT2D eigenvalue weighted by molar-refractivity contribution is 1.17. The summed E-state index contributed by atoms with van der Waals surface area (Å²) in [6.07, 6.45) is 0. The zero-order valence-electron chi connectivity index (χ0n) is 29.4. The summed E-state index contributed by atoms with van der Waals surface area (Å²) < 4.78 is 2.38. The summed E-state index contributed by atoms with van der Waals surface area (Å²) in [7, 11) is 0. The third kappa shape index (κ3) is 4.11. The lowest BCUT2D eigenvalue weighted by atomic mass is 9.87. The van der Waals surface area contributed by atoms with Crippen molar-refractivity contribution in [3.05, 3.63) is 194 Å². The van der Waals surface area contributed by atoms with Gasteiger partial charge in [-0.3, -0.25) is 0 Å². The molecule has 1 aromatic heterocycles. The van der Waals surface area contributed by atoms with Gasteiger partial charge in [-0.2, -0.15) is 0 Å². The lowest BCUT2D eigenvalue weighted by Gasteiger charge is -2.27. The zero-order valence-corrected chi connectivity index (χ0v) is 29.4. The van der Waals surface area contributed by atoms with Crippen molar-refractivity contribution in [1.29, 1.82) is 0 Å². The predicted molar refractivity (Wildman–Crippen MR) is 232 cm³/mol. The van der Waals surface area contributed by atoms with E-state index in [-0.39, 0.29) is 0 Å². The monoisotopic (exact) mass is 684 g/mol. The van der Waals surface area contributed by atoms with Gasteiger partial charge in [0.1, 0.15) is 0 Å². The second kappa shape index (κ2) is 11.2. The van der Waals surface area contributed by atoms with Crippen LogP contribution >= 0.6 is 0 Å². The van der Waals surface area contributed by atoms with E-state index in [1.807, 2.05) is 0 Å². The fourth-order valence-corrected chi connectivity index (χ4v) is 9.37. The highest BCUT2D eigenvalue weighted by atomic mass is 15.1. The van der Waals surface area contributed by atoms with E-state index in [1.165, 1.54) is 86.4 Å². The summed E-state index contributed by atoms with van der Waals surface area (Å²) in [5, 5.41) is 17.9. The van der Waals surface area contributed by atoms with Crippen LogP contribution in [0.4, 0.5) is 17.1 Å². The summed E-state index contributed by atoms with van der Waals surface area (Å²) in [5.41, 5.74) is 6.92. The number of fused-ring (bicyclic) bond motifs is 5. The molecule has 0 spiro atoms. The Balaban J connectivity index is 1.16. The number of aromatic nitrogens is 1. The van der Waals surface area contributed by atoms with E-state index in [0.717, 1.165) is 22.7 Å². The number of nitrogens with zero attached hydrogens (tertiary/aromatic N) is 2. The Morgan fingerprint density at radius 2 is 0.722 bits per heavy atom. The second-order valence-corrected chi connectivity index (χ2v) is 14.5.